The lowest BCUT2D eigenvalue weighted by Gasteiger charge is -2.37. The fraction of sp³-hybridized carbons (Fsp3) is 0.444. The van der Waals surface area contributed by atoms with Gasteiger partial charge in [-0.2, -0.15) is 5.10 Å². The Bertz CT molecular complexity index is 972. The van der Waals surface area contributed by atoms with E-state index in [9.17, 15) is 4.79 Å². The number of piperidine rings is 1. The normalized spacial score (nSPS) is 21.5. The minimum absolute atomic E-state index is 0.0762. The molecular formula is C18H21N7O. The number of nitrogens with zero attached hydrogens (tertiary/aromatic N) is 6. The lowest BCUT2D eigenvalue weighted by molar-refractivity contribution is 0.257. The summed E-state index contributed by atoms with van der Waals surface area (Å²) < 4.78 is 5.76. The van der Waals surface area contributed by atoms with Crippen LogP contribution >= 0.6 is 0 Å². The summed E-state index contributed by atoms with van der Waals surface area (Å²) in [5.41, 5.74) is 1.90. The number of aryl methyl sites for hydroxylation is 2. The van der Waals surface area contributed by atoms with Crippen molar-refractivity contribution in [1.82, 2.24) is 34.2 Å². The van der Waals surface area contributed by atoms with Gasteiger partial charge in [0, 0.05) is 43.6 Å². The van der Waals surface area contributed by atoms with Gasteiger partial charge in [0.15, 0.2) is 0 Å². The molecule has 0 saturated carbocycles. The van der Waals surface area contributed by atoms with Gasteiger partial charge in [0.1, 0.15) is 18.5 Å². The largest absolute Gasteiger partial charge is 0.329 e. The van der Waals surface area contributed by atoms with Crippen LogP contribution in [0, 0.1) is 5.92 Å². The fourth-order valence-electron chi connectivity index (χ4n) is 4.25. The van der Waals surface area contributed by atoms with Crippen LogP contribution in [0.15, 0.2) is 42.0 Å². The molecule has 2 atom stereocenters. The lowest BCUT2D eigenvalue weighted by atomic mass is 9.84. The van der Waals surface area contributed by atoms with E-state index in [-0.39, 0.29) is 5.56 Å². The summed E-state index contributed by atoms with van der Waals surface area (Å²) in [6.45, 7) is 4.13. The molecule has 8 nitrogen and oxygen atoms in total. The van der Waals surface area contributed by atoms with Crippen molar-refractivity contribution in [1.29, 1.82) is 0 Å². The lowest BCUT2D eigenvalue weighted by Crippen LogP contribution is -2.45. The van der Waals surface area contributed by atoms with E-state index in [4.69, 9.17) is 0 Å². The Kier molecular flexibility index (Phi) is 3.70. The predicted molar refractivity (Wildman–Crippen MR) is 95.7 cm³/mol. The molecule has 0 spiro atoms. The summed E-state index contributed by atoms with van der Waals surface area (Å²) in [5.74, 6) is 1.71. The number of aromatic nitrogens is 6. The summed E-state index contributed by atoms with van der Waals surface area (Å²) in [7, 11) is 0. The molecule has 0 aliphatic carbocycles. The average Bonchev–Trinajstić information content (AvgIpc) is 3.33. The van der Waals surface area contributed by atoms with Crippen molar-refractivity contribution in [2.75, 3.05) is 13.1 Å². The highest BCUT2D eigenvalue weighted by Gasteiger charge is 2.31. The number of pyridine rings is 1. The highest BCUT2D eigenvalue weighted by Crippen LogP contribution is 2.32. The Morgan fingerprint density at radius 1 is 1.23 bits per heavy atom. The van der Waals surface area contributed by atoms with Crippen molar-refractivity contribution in [2.24, 2.45) is 5.92 Å². The van der Waals surface area contributed by atoms with Crippen molar-refractivity contribution in [3.63, 3.8) is 0 Å². The van der Waals surface area contributed by atoms with E-state index >= 15 is 0 Å². The number of hydrogen-bond donors (Lipinski definition) is 1. The molecule has 8 heteroatoms. The number of rotatable bonds is 4. The molecule has 1 saturated heterocycles. The highest BCUT2D eigenvalue weighted by molar-refractivity contribution is 5.54. The summed E-state index contributed by atoms with van der Waals surface area (Å²) in [6, 6.07) is 4.05. The first kappa shape index (κ1) is 15.5. The topological polar surface area (TPSA) is 82.6 Å². The molecule has 5 rings (SSSR count). The molecule has 2 bridgehead atoms. The second kappa shape index (κ2) is 6.21. The molecule has 0 unspecified atom stereocenters. The van der Waals surface area contributed by atoms with Crippen LogP contribution < -0.4 is 10.9 Å². The average molecular weight is 351 g/mol. The molecule has 2 aliphatic rings. The molecular weight excluding hydrogens is 330 g/mol. The minimum Gasteiger partial charge on any atom is -0.329 e. The standard InChI is InChI=1S/C18H21N7O/c26-18-15(1-2-16-14-7-13(8-19-9-14)10-25(16)18)17-21-3-4-23(17)5-6-24-12-20-11-22-24/h1-4,11-14,19H,5-10H2/t13-,14+/m0/s1. The predicted octanol–water partition coefficient (Wildman–Crippen LogP) is 0.710. The van der Waals surface area contributed by atoms with Crippen molar-refractivity contribution < 1.29 is 0 Å². The van der Waals surface area contributed by atoms with Gasteiger partial charge in [-0.1, -0.05) is 0 Å². The first-order valence-corrected chi connectivity index (χ1v) is 9.08. The van der Waals surface area contributed by atoms with Gasteiger partial charge in [-0.3, -0.25) is 9.48 Å². The summed E-state index contributed by atoms with van der Waals surface area (Å²) in [6.07, 6.45) is 8.05. The van der Waals surface area contributed by atoms with E-state index in [0.717, 1.165) is 31.2 Å². The molecule has 3 aromatic rings. The molecule has 1 N–H and O–H groups in total. The molecule has 3 aromatic heterocycles. The molecule has 5 heterocycles. The van der Waals surface area contributed by atoms with Crippen LogP contribution in [0.5, 0.6) is 0 Å². The van der Waals surface area contributed by atoms with Crippen LogP contribution in [0.3, 0.4) is 0 Å². The smallest absolute Gasteiger partial charge is 0.261 e. The Labute approximate surface area is 150 Å². The molecule has 0 amide bonds. The van der Waals surface area contributed by atoms with Gasteiger partial charge in [-0.25, -0.2) is 9.97 Å². The minimum atomic E-state index is 0.0762. The van der Waals surface area contributed by atoms with Gasteiger partial charge < -0.3 is 14.5 Å². The van der Waals surface area contributed by atoms with Crippen molar-refractivity contribution in [3.05, 3.63) is 53.2 Å². The van der Waals surface area contributed by atoms with E-state index in [1.807, 2.05) is 21.4 Å². The maximum Gasteiger partial charge on any atom is 0.261 e. The summed E-state index contributed by atoms with van der Waals surface area (Å²) in [5, 5.41) is 7.61. The van der Waals surface area contributed by atoms with Crippen molar-refractivity contribution >= 4 is 0 Å². The summed E-state index contributed by atoms with van der Waals surface area (Å²) >= 11 is 0. The van der Waals surface area contributed by atoms with Crippen LogP contribution in [0.4, 0.5) is 0 Å². The van der Waals surface area contributed by atoms with Crippen LogP contribution in [-0.4, -0.2) is 42.0 Å². The van der Waals surface area contributed by atoms with Crippen LogP contribution in [0.25, 0.3) is 11.4 Å². The number of imidazole rings is 1. The van der Waals surface area contributed by atoms with Crippen molar-refractivity contribution in [2.45, 2.75) is 32.0 Å². The van der Waals surface area contributed by atoms with E-state index in [1.165, 1.54) is 12.7 Å². The zero-order valence-electron chi connectivity index (χ0n) is 14.5. The Morgan fingerprint density at radius 2 is 2.19 bits per heavy atom. The van der Waals surface area contributed by atoms with Gasteiger partial charge >= 0.3 is 0 Å². The quantitative estimate of drug-likeness (QED) is 0.749. The number of nitrogens with one attached hydrogen (secondary N) is 1. The van der Waals surface area contributed by atoms with Gasteiger partial charge in [-0.15, -0.1) is 0 Å². The Morgan fingerprint density at radius 3 is 3.08 bits per heavy atom. The van der Waals surface area contributed by atoms with E-state index < -0.39 is 0 Å². The molecule has 0 radical (unpaired) electrons. The Hall–Kier alpha value is -2.74. The van der Waals surface area contributed by atoms with Crippen LogP contribution in [-0.2, 0) is 19.6 Å². The first-order chi connectivity index (χ1) is 12.8. The maximum absolute atomic E-state index is 13.2. The number of hydrogen-bond acceptors (Lipinski definition) is 5. The van der Waals surface area contributed by atoms with Gasteiger partial charge in [-0.05, 0) is 31.0 Å². The second-order valence-corrected chi connectivity index (χ2v) is 7.15. The van der Waals surface area contributed by atoms with E-state index in [2.05, 4.69) is 26.4 Å². The third-order valence-corrected chi connectivity index (χ3v) is 5.50. The van der Waals surface area contributed by atoms with Crippen LogP contribution in [0.2, 0.25) is 0 Å². The maximum atomic E-state index is 13.2. The Balaban J connectivity index is 1.49. The highest BCUT2D eigenvalue weighted by atomic mass is 16.1. The SMILES string of the molecule is O=c1c(-c2nccn2CCn2cncn2)ccc2n1C[C@@H]1CNC[C@H]2C1. The van der Waals surface area contributed by atoms with Crippen LogP contribution in [0.1, 0.15) is 18.0 Å². The van der Waals surface area contributed by atoms with Gasteiger partial charge in [0.25, 0.3) is 5.56 Å². The van der Waals surface area contributed by atoms with Gasteiger partial charge in [0.2, 0.25) is 0 Å². The molecule has 2 aliphatic heterocycles. The van der Waals surface area contributed by atoms with E-state index in [0.29, 0.717) is 30.5 Å². The number of fused-ring (bicyclic) bond motifs is 4. The van der Waals surface area contributed by atoms with E-state index in [1.54, 1.807) is 17.2 Å². The summed E-state index contributed by atoms with van der Waals surface area (Å²) in [4.78, 5) is 21.6. The molecule has 1 fully saturated rings. The second-order valence-electron chi connectivity index (χ2n) is 7.15. The molecule has 0 aromatic carbocycles. The third-order valence-electron chi connectivity index (χ3n) is 5.50. The third kappa shape index (κ3) is 2.57. The zero-order valence-corrected chi connectivity index (χ0v) is 14.5. The molecule has 26 heavy (non-hydrogen) atoms. The monoisotopic (exact) mass is 351 g/mol. The van der Waals surface area contributed by atoms with Gasteiger partial charge in [0.05, 0.1) is 12.1 Å². The van der Waals surface area contributed by atoms with Crippen molar-refractivity contribution in [3.8, 4) is 11.4 Å². The zero-order chi connectivity index (χ0) is 17.5. The molecule has 134 valence electrons. The first-order valence-electron chi connectivity index (χ1n) is 9.08. The fourth-order valence-corrected chi connectivity index (χ4v) is 4.25.